The minimum Gasteiger partial charge on any atom is -0.384 e. The summed E-state index contributed by atoms with van der Waals surface area (Å²) in [6.07, 6.45) is 3.25. The van der Waals surface area contributed by atoms with Crippen molar-refractivity contribution in [1.82, 2.24) is 9.78 Å². The summed E-state index contributed by atoms with van der Waals surface area (Å²) < 4.78 is 1.61. The molecule has 10 heavy (non-hydrogen) atoms. The first-order valence-corrected chi connectivity index (χ1v) is 2.53. The van der Waals surface area contributed by atoms with Crippen LogP contribution in [0.25, 0.3) is 0 Å². The second kappa shape index (κ2) is 3.22. The fourth-order valence-electron chi connectivity index (χ4n) is 0.560. The summed E-state index contributed by atoms with van der Waals surface area (Å²) in [7, 11) is 1.78. The van der Waals surface area contributed by atoms with E-state index in [9.17, 15) is 0 Å². The number of rotatable bonds is 1. The molecule has 0 atom stereocenters. The fraction of sp³-hybridized carbons (Fsp3) is 0.200. The van der Waals surface area contributed by atoms with E-state index in [1.807, 2.05) is 0 Å². The molecule has 5 heteroatoms. The van der Waals surface area contributed by atoms with Gasteiger partial charge in [-0.1, -0.05) is 0 Å². The lowest BCUT2D eigenvalue weighted by Crippen LogP contribution is -2.09. The third kappa shape index (κ3) is 1.73. The van der Waals surface area contributed by atoms with Gasteiger partial charge in [-0.2, -0.15) is 5.10 Å². The number of aromatic nitrogens is 2. The number of nitrogens with zero attached hydrogens (tertiary/aromatic N) is 2. The Balaban J connectivity index is 0.000000810. The number of nitrogens with two attached hydrogens (primary N) is 1. The monoisotopic (exact) mass is 160 g/mol. The van der Waals surface area contributed by atoms with Crippen molar-refractivity contribution in [3.05, 3.63) is 18.0 Å². The molecule has 0 aliphatic rings. The molecule has 0 aromatic carbocycles. The third-order valence-electron chi connectivity index (χ3n) is 1.02. The number of halogens is 1. The second-order valence-electron chi connectivity index (χ2n) is 1.82. The van der Waals surface area contributed by atoms with Crippen molar-refractivity contribution >= 4 is 18.2 Å². The van der Waals surface area contributed by atoms with Crippen molar-refractivity contribution in [1.29, 1.82) is 5.41 Å². The Labute approximate surface area is 64.9 Å². The molecule has 0 unspecified atom stereocenters. The van der Waals surface area contributed by atoms with Gasteiger partial charge in [-0.15, -0.1) is 12.4 Å². The van der Waals surface area contributed by atoms with Gasteiger partial charge in [-0.05, 0) is 0 Å². The highest BCUT2D eigenvalue weighted by molar-refractivity contribution is 5.94. The topological polar surface area (TPSA) is 67.7 Å². The molecular formula is C5H9ClN4. The summed E-state index contributed by atoms with van der Waals surface area (Å²) >= 11 is 0. The zero-order valence-electron chi connectivity index (χ0n) is 5.53. The van der Waals surface area contributed by atoms with Crippen molar-refractivity contribution < 1.29 is 0 Å². The van der Waals surface area contributed by atoms with Gasteiger partial charge < -0.3 is 5.73 Å². The molecule has 0 bridgehead atoms. The van der Waals surface area contributed by atoms with Crippen LogP contribution >= 0.6 is 12.4 Å². The summed E-state index contributed by atoms with van der Waals surface area (Å²) in [6.45, 7) is 0. The van der Waals surface area contributed by atoms with Crippen LogP contribution in [0.3, 0.4) is 0 Å². The molecule has 0 spiro atoms. The van der Waals surface area contributed by atoms with Gasteiger partial charge in [0.05, 0.1) is 11.8 Å². The first kappa shape index (κ1) is 8.97. The molecule has 4 nitrogen and oxygen atoms in total. The number of nitrogen functional groups attached to an aromatic ring is 1. The molecule has 0 saturated carbocycles. The molecule has 1 aromatic heterocycles. The summed E-state index contributed by atoms with van der Waals surface area (Å²) in [5.74, 6) is 0.0584. The van der Waals surface area contributed by atoms with Crippen LogP contribution in [0, 0.1) is 5.41 Å². The van der Waals surface area contributed by atoms with Crippen LogP contribution in [-0.2, 0) is 7.05 Å². The van der Waals surface area contributed by atoms with Gasteiger partial charge >= 0.3 is 0 Å². The van der Waals surface area contributed by atoms with E-state index in [0.717, 1.165) is 0 Å². The molecule has 0 amide bonds. The minimum atomic E-state index is 0. The Kier molecular flexibility index (Phi) is 2.89. The van der Waals surface area contributed by atoms with Crippen molar-refractivity contribution in [3.8, 4) is 0 Å². The van der Waals surface area contributed by atoms with Crippen molar-refractivity contribution in [2.75, 3.05) is 0 Å². The first-order valence-electron chi connectivity index (χ1n) is 2.53. The standard InChI is InChI=1S/C5H8N4.ClH/c1-9-3-4(2-8-9)5(6)7;/h2-3H,1H3,(H3,6,7);1H. The lowest BCUT2D eigenvalue weighted by Gasteiger charge is -1.85. The zero-order valence-corrected chi connectivity index (χ0v) is 6.35. The smallest absolute Gasteiger partial charge is 0.125 e. The molecule has 56 valence electrons. The second-order valence-corrected chi connectivity index (χ2v) is 1.82. The lowest BCUT2D eigenvalue weighted by molar-refractivity contribution is 0.767. The van der Waals surface area contributed by atoms with E-state index in [1.165, 1.54) is 0 Å². The molecule has 0 aliphatic heterocycles. The quantitative estimate of drug-likeness (QED) is 0.453. The Morgan fingerprint density at radius 2 is 2.40 bits per heavy atom. The van der Waals surface area contributed by atoms with Crippen LogP contribution in [0.2, 0.25) is 0 Å². The third-order valence-corrected chi connectivity index (χ3v) is 1.02. The Morgan fingerprint density at radius 1 is 1.80 bits per heavy atom. The molecule has 1 heterocycles. The van der Waals surface area contributed by atoms with Crippen molar-refractivity contribution in [3.63, 3.8) is 0 Å². The van der Waals surface area contributed by atoms with E-state index in [-0.39, 0.29) is 18.2 Å². The van der Waals surface area contributed by atoms with Gasteiger partial charge in [0.2, 0.25) is 0 Å². The number of nitrogens with one attached hydrogen (secondary N) is 1. The highest BCUT2D eigenvalue weighted by Gasteiger charge is 1.95. The van der Waals surface area contributed by atoms with E-state index in [4.69, 9.17) is 11.1 Å². The first-order chi connectivity index (χ1) is 4.20. The average Bonchev–Trinajstić information content (AvgIpc) is 2.14. The summed E-state index contributed by atoms with van der Waals surface area (Å²) in [6, 6.07) is 0. The van der Waals surface area contributed by atoms with Crippen LogP contribution in [0.4, 0.5) is 0 Å². The van der Waals surface area contributed by atoms with Crippen LogP contribution in [0.5, 0.6) is 0 Å². The lowest BCUT2D eigenvalue weighted by atomic mass is 10.3. The van der Waals surface area contributed by atoms with E-state index < -0.39 is 0 Å². The van der Waals surface area contributed by atoms with Gasteiger partial charge in [-0.25, -0.2) is 0 Å². The SMILES string of the molecule is Cl.Cn1cc(C(=N)N)cn1. The Morgan fingerprint density at radius 3 is 2.60 bits per heavy atom. The molecular weight excluding hydrogens is 152 g/mol. The molecule has 0 aliphatic carbocycles. The van der Waals surface area contributed by atoms with Gasteiger partial charge in [-0.3, -0.25) is 10.1 Å². The highest BCUT2D eigenvalue weighted by atomic mass is 35.5. The predicted octanol–water partition coefficient (Wildman–Crippen LogP) is 0.126. The molecule has 0 saturated heterocycles. The largest absolute Gasteiger partial charge is 0.384 e. The Bertz CT molecular complexity index is 229. The highest BCUT2D eigenvalue weighted by Crippen LogP contribution is 1.91. The molecule has 3 N–H and O–H groups in total. The summed E-state index contributed by atoms with van der Waals surface area (Å²) in [5, 5.41) is 10.8. The van der Waals surface area contributed by atoms with Gasteiger partial charge in [0.15, 0.2) is 0 Å². The van der Waals surface area contributed by atoms with Crippen LogP contribution in [-0.4, -0.2) is 15.6 Å². The molecule has 1 rings (SSSR count). The molecule has 0 radical (unpaired) electrons. The Hall–Kier alpha value is -1.03. The fourth-order valence-corrected chi connectivity index (χ4v) is 0.560. The zero-order chi connectivity index (χ0) is 6.85. The maximum absolute atomic E-state index is 6.97. The molecule has 1 aromatic rings. The maximum Gasteiger partial charge on any atom is 0.125 e. The minimum absolute atomic E-state index is 0. The summed E-state index contributed by atoms with van der Waals surface area (Å²) in [5.41, 5.74) is 5.82. The maximum atomic E-state index is 6.97. The normalized spacial score (nSPS) is 8.50. The van der Waals surface area contributed by atoms with E-state index >= 15 is 0 Å². The van der Waals surface area contributed by atoms with E-state index in [2.05, 4.69) is 5.10 Å². The van der Waals surface area contributed by atoms with E-state index in [0.29, 0.717) is 5.56 Å². The number of amidine groups is 1. The number of hydrogen-bond acceptors (Lipinski definition) is 2. The number of aryl methyl sites for hydroxylation is 1. The average molecular weight is 161 g/mol. The van der Waals surface area contributed by atoms with Crippen LogP contribution in [0.15, 0.2) is 12.4 Å². The summed E-state index contributed by atoms with van der Waals surface area (Å²) in [4.78, 5) is 0. The van der Waals surface area contributed by atoms with Crippen molar-refractivity contribution in [2.24, 2.45) is 12.8 Å². The van der Waals surface area contributed by atoms with Gasteiger partial charge in [0, 0.05) is 13.2 Å². The number of hydrogen-bond donors (Lipinski definition) is 2. The van der Waals surface area contributed by atoms with E-state index in [1.54, 1.807) is 24.1 Å². The molecule has 0 fully saturated rings. The van der Waals surface area contributed by atoms with Crippen molar-refractivity contribution in [2.45, 2.75) is 0 Å². The predicted molar refractivity (Wildman–Crippen MR) is 41.5 cm³/mol. The van der Waals surface area contributed by atoms with Gasteiger partial charge in [0.1, 0.15) is 5.84 Å². The van der Waals surface area contributed by atoms with Crippen LogP contribution < -0.4 is 5.73 Å². The van der Waals surface area contributed by atoms with Crippen LogP contribution in [0.1, 0.15) is 5.56 Å². The van der Waals surface area contributed by atoms with Gasteiger partial charge in [0.25, 0.3) is 0 Å².